The number of hydrogen-bond acceptors (Lipinski definition) is 2. The van der Waals surface area contributed by atoms with Crippen molar-refractivity contribution in [2.75, 3.05) is 32.7 Å². The Labute approximate surface area is 156 Å². The van der Waals surface area contributed by atoms with Gasteiger partial charge in [-0.1, -0.05) is 65.7 Å². The predicted molar refractivity (Wildman–Crippen MR) is 107 cm³/mol. The molecule has 1 spiro atoms. The lowest BCUT2D eigenvalue weighted by atomic mass is 9.72. The predicted octanol–water partition coefficient (Wildman–Crippen LogP) is 5.10. The van der Waals surface area contributed by atoms with E-state index >= 15 is 0 Å². The summed E-state index contributed by atoms with van der Waals surface area (Å²) in [6.07, 6.45) is 13.6. The Bertz CT molecular complexity index is 379. The van der Waals surface area contributed by atoms with Crippen LogP contribution in [0, 0.1) is 11.3 Å². The van der Waals surface area contributed by atoms with Gasteiger partial charge in [0.2, 0.25) is 5.91 Å². The van der Waals surface area contributed by atoms with E-state index in [4.69, 9.17) is 0 Å². The molecule has 0 aromatic heterocycles. The molecule has 2 rings (SSSR count). The number of amides is 1. The van der Waals surface area contributed by atoms with Crippen molar-refractivity contribution in [3.05, 3.63) is 0 Å². The third-order valence-electron chi connectivity index (χ3n) is 6.61. The summed E-state index contributed by atoms with van der Waals surface area (Å²) < 4.78 is 0. The van der Waals surface area contributed by atoms with Crippen molar-refractivity contribution in [3.63, 3.8) is 0 Å². The van der Waals surface area contributed by atoms with Crippen molar-refractivity contribution in [3.8, 4) is 0 Å². The molecule has 2 aliphatic rings. The molecule has 2 heterocycles. The van der Waals surface area contributed by atoms with Gasteiger partial charge in [0.05, 0.1) is 0 Å². The van der Waals surface area contributed by atoms with Crippen molar-refractivity contribution in [2.45, 2.75) is 91.4 Å². The van der Waals surface area contributed by atoms with Crippen LogP contribution in [-0.2, 0) is 4.79 Å². The number of likely N-dealkylation sites (tertiary alicyclic amines) is 2. The molecule has 0 bridgehead atoms. The van der Waals surface area contributed by atoms with E-state index in [9.17, 15) is 4.79 Å². The SMILES string of the molecule is CCCCCCC(CCCCC)C(=O)N1CCC2(CC1)CN(CC)C2. The average Bonchev–Trinajstić information content (AvgIpc) is 2.61. The summed E-state index contributed by atoms with van der Waals surface area (Å²) in [4.78, 5) is 17.9. The van der Waals surface area contributed by atoms with Crippen LogP contribution >= 0.6 is 0 Å². The summed E-state index contributed by atoms with van der Waals surface area (Å²) in [6.45, 7) is 12.5. The highest BCUT2D eigenvalue weighted by Crippen LogP contribution is 2.40. The molecule has 146 valence electrons. The summed E-state index contributed by atoms with van der Waals surface area (Å²) in [6, 6.07) is 0. The number of unbranched alkanes of at least 4 members (excludes halogenated alkanes) is 5. The van der Waals surface area contributed by atoms with Crippen LogP contribution in [0.3, 0.4) is 0 Å². The minimum absolute atomic E-state index is 0.297. The number of nitrogens with zero attached hydrogens (tertiary/aromatic N) is 2. The fourth-order valence-corrected chi connectivity index (χ4v) is 4.75. The van der Waals surface area contributed by atoms with Crippen LogP contribution in [0.4, 0.5) is 0 Å². The Balaban J connectivity index is 1.79. The fourth-order valence-electron chi connectivity index (χ4n) is 4.75. The van der Waals surface area contributed by atoms with Gasteiger partial charge in [0.25, 0.3) is 0 Å². The first-order valence-electron chi connectivity index (χ1n) is 11.1. The second-order valence-electron chi connectivity index (χ2n) is 8.67. The molecule has 0 aromatic carbocycles. The molecular formula is C22H42N2O. The van der Waals surface area contributed by atoms with E-state index in [2.05, 4.69) is 30.6 Å². The standard InChI is InChI=1S/C22H42N2O/c1-4-7-9-11-13-20(12-10-8-5-2)21(25)24-16-14-22(15-17-24)18-23(6-3)19-22/h20H,4-19H2,1-3H3. The van der Waals surface area contributed by atoms with E-state index in [1.165, 1.54) is 77.4 Å². The molecule has 2 fully saturated rings. The highest BCUT2D eigenvalue weighted by molar-refractivity contribution is 5.79. The minimum Gasteiger partial charge on any atom is -0.342 e. The zero-order valence-electron chi connectivity index (χ0n) is 17.2. The van der Waals surface area contributed by atoms with Crippen LogP contribution in [-0.4, -0.2) is 48.4 Å². The molecule has 0 radical (unpaired) electrons. The van der Waals surface area contributed by atoms with Crippen molar-refractivity contribution in [2.24, 2.45) is 11.3 Å². The van der Waals surface area contributed by atoms with Gasteiger partial charge in [-0.15, -0.1) is 0 Å². The van der Waals surface area contributed by atoms with Crippen LogP contribution in [0.15, 0.2) is 0 Å². The summed E-state index contributed by atoms with van der Waals surface area (Å²) in [5.41, 5.74) is 0.547. The molecule has 0 N–H and O–H groups in total. The number of carbonyl (C=O) groups is 1. The number of piperidine rings is 1. The normalized spacial score (nSPS) is 21.3. The van der Waals surface area contributed by atoms with Gasteiger partial charge in [-0.05, 0) is 37.6 Å². The quantitative estimate of drug-likeness (QED) is 0.484. The lowest BCUT2D eigenvalue weighted by Crippen LogP contribution is -2.60. The average molecular weight is 351 g/mol. The largest absolute Gasteiger partial charge is 0.342 e. The lowest BCUT2D eigenvalue weighted by molar-refractivity contribution is -0.141. The second-order valence-corrected chi connectivity index (χ2v) is 8.67. The molecule has 1 atom stereocenters. The van der Waals surface area contributed by atoms with Gasteiger partial charge in [0.1, 0.15) is 0 Å². The minimum atomic E-state index is 0.297. The molecule has 1 amide bonds. The zero-order chi connectivity index (χ0) is 18.1. The lowest BCUT2D eigenvalue weighted by Gasteiger charge is -2.54. The smallest absolute Gasteiger partial charge is 0.225 e. The first-order chi connectivity index (χ1) is 12.1. The summed E-state index contributed by atoms with van der Waals surface area (Å²) in [7, 11) is 0. The fraction of sp³-hybridized carbons (Fsp3) is 0.955. The van der Waals surface area contributed by atoms with Gasteiger partial charge in [-0.2, -0.15) is 0 Å². The number of hydrogen-bond donors (Lipinski definition) is 0. The van der Waals surface area contributed by atoms with Crippen LogP contribution in [0.5, 0.6) is 0 Å². The molecule has 0 aliphatic carbocycles. The molecule has 0 saturated carbocycles. The van der Waals surface area contributed by atoms with Crippen LogP contribution in [0.1, 0.15) is 91.4 Å². The Kier molecular flexibility index (Phi) is 8.75. The third-order valence-corrected chi connectivity index (χ3v) is 6.61. The molecule has 3 nitrogen and oxygen atoms in total. The van der Waals surface area contributed by atoms with Gasteiger partial charge in [-0.25, -0.2) is 0 Å². The topological polar surface area (TPSA) is 23.6 Å². The maximum absolute atomic E-state index is 13.1. The molecular weight excluding hydrogens is 308 g/mol. The Morgan fingerprint density at radius 3 is 2.00 bits per heavy atom. The number of rotatable bonds is 11. The molecule has 25 heavy (non-hydrogen) atoms. The van der Waals surface area contributed by atoms with Crippen molar-refractivity contribution in [1.82, 2.24) is 9.80 Å². The Morgan fingerprint density at radius 2 is 1.44 bits per heavy atom. The van der Waals surface area contributed by atoms with Crippen molar-refractivity contribution < 1.29 is 4.79 Å². The van der Waals surface area contributed by atoms with Gasteiger partial charge < -0.3 is 9.80 Å². The summed E-state index contributed by atoms with van der Waals surface area (Å²) in [5.74, 6) is 0.778. The van der Waals surface area contributed by atoms with Gasteiger partial charge in [0.15, 0.2) is 0 Å². The van der Waals surface area contributed by atoms with Gasteiger partial charge in [-0.3, -0.25) is 4.79 Å². The van der Waals surface area contributed by atoms with Crippen molar-refractivity contribution in [1.29, 1.82) is 0 Å². The van der Waals surface area contributed by atoms with Crippen LogP contribution in [0.25, 0.3) is 0 Å². The maximum Gasteiger partial charge on any atom is 0.225 e. The zero-order valence-corrected chi connectivity index (χ0v) is 17.2. The van der Waals surface area contributed by atoms with Crippen molar-refractivity contribution >= 4 is 5.91 Å². The van der Waals surface area contributed by atoms with E-state index in [1.54, 1.807) is 0 Å². The van der Waals surface area contributed by atoms with Gasteiger partial charge in [0, 0.05) is 32.1 Å². The first-order valence-corrected chi connectivity index (χ1v) is 11.1. The van der Waals surface area contributed by atoms with E-state index in [0.717, 1.165) is 25.9 Å². The van der Waals surface area contributed by atoms with E-state index in [0.29, 0.717) is 17.2 Å². The van der Waals surface area contributed by atoms with Gasteiger partial charge >= 0.3 is 0 Å². The van der Waals surface area contributed by atoms with E-state index in [1.807, 2.05) is 0 Å². The van der Waals surface area contributed by atoms with Crippen LogP contribution < -0.4 is 0 Å². The van der Waals surface area contributed by atoms with Crippen LogP contribution in [0.2, 0.25) is 0 Å². The second kappa shape index (κ2) is 10.5. The Hall–Kier alpha value is -0.570. The maximum atomic E-state index is 13.1. The molecule has 0 aromatic rings. The number of carbonyl (C=O) groups excluding carboxylic acids is 1. The molecule has 3 heteroatoms. The summed E-state index contributed by atoms with van der Waals surface area (Å²) >= 11 is 0. The van der Waals surface area contributed by atoms with E-state index in [-0.39, 0.29) is 0 Å². The Morgan fingerprint density at radius 1 is 0.880 bits per heavy atom. The molecule has 2 aliphatic heterocycles. The monoisotopic (exact) mass is 350 g/mol. The highest BCUT2D eigenvalue weighted by Gasteiger charge is 2.44. The molecule has 1 unspecified atom stereocenters. The van der Waals surface area contributed by atoms with E-state index < -0.39 is 0 Å². The first kappa shape index (κ1) is 20.7. The summed E-state index contributed by atoms with van der Waals surface area (Å²) in [5, 5.41) is 0. The third kappa shape index (κ3) is 5.98. The molecule has 2 saturated heterocycles. The highest BCUT2D eigenvalue weighted by atomic mass is 16.2.